The molecule has 0 aliphatic carbocycles. The van der Waals surface area contributed by atoms with Gasteiger partial charge in [-0.15, -0.1) is 0 Å². The minimum atomic E-state index is -1.11. The summed E-state index contributed by atoms with van der Waals surface area (Å²) in [5.41, 5.74) is 0.467. The predicted molar refractivity (Wildman–Crippen MR) is 66.2 cm³/mol. The Balaban J connectivity index is 0. The maximum atomic E-state index is 11.1. The first-order valence-corrected chi connectivity index (χ1v) is 5.03. The van der Waals surface area contributed by atoms with Crippen molar-refractivity contribution >= 4 is 47.4 Å². The molecular weight excluding hydrogens is 251 g/mol. The van der Waals surface area contributed by atoms with E-state index in [1.165, 1.54) is 6.08 Å². The van der Waals surface area contributed by atoms with E-state index >= 15 is 0 Å². The standard InChI is InChI=1S/C10H16N2O5.Na.H/c1-3-17-10(16)4-7(2)11-5-8(13)12-6-9(14)15;;/h4,11H,3,5-6H2,1-2H3,(H,12,13)(H,14,15);;/b7-4+;;. The topological polar surface area (TPSA) is 105 Å². The van der Waals surface area contributed by atoms with Crippen LogP contribution in [0, 0.1) is 0 Å². The van der Waals surface area contributed by atoms with Crippen molar-refractivity contribution in [1.82, 2.24) is 10.6 Å². The van der Waals surface area contributed by atoms with Crippen LogP contribution in [0.15, 0.2) is 11.8 Å². The molecule has 0 aliphatic heterocycles. The van der Waals surface area contributed by atoms with Crippen molar-refractivity contribution in [2.24, 2.45) is 0 Å². The Hall–Kier alpha value is -1.05. The molecule has 0 unspecified atom stereocenters. The number of rotatable bonds is 7. The molecule has 0 aromatic carbocycles. The molecule has 98 valence electrons. The van der Waals surface area contributed by atoms with Gasteiger partial charge in [-0.3, -0.25) is 9.59 Å². The molecule has 0 spiro atoms. The summed E-state index contributed by atoms with van der Waals surface area (Å²) >= 11 is 0. The van der Waals surface area contributed by atoms with E-state index in [0.717, 1.165) is 0 Å². The molecule has 1 amide bonds. The molecule has 0 aromatic heterocycles. The Morgan fingerprint density at radius 1 is 1.22 bits per heavy atom. The van der Waals surface area contributed by atoms with Gasteiger partial charge in [-0.1, -0.05) is 0 Å². The molecule has 0 atom stereocenters. The van der Waals surface area contributed by atoms with Crippen LogP contribution in [0.3, 0.4) is 0 Å². The Bertz CT molecular complexity index is 330. The number of carbonyl (C=O) groups excluding carboxylic acids is 2. The Kier molecular flexibility index (Phi) is 11.9. The van der Waals surface area contributed by atoms with Gasteiger partial charge >= 0.3 is 41.5 Å². The fourth-order valence-electron chi connectivity index (χ4n) is 0.868. The monoisotopic (exact) mass is 268 g/mol. The summed E-state index contributed by atoms with van der Waals surface area (Å²) in [6, 6.07) is 0. The van der Waals surface area contributed by atoms with Gasteiger partial charge in [0.1, 0.15) is 6.54 Å². The van der Waals surface area contributed by atoms with E-state index in [0.29, 0.717) is 5.70 Å². The normalized spacial score (nSPS) is 10.0. The number of nitrogens with one attached hydrogen (secondary N) is 2. The molecule has 3 N–H and O–H groups in total. The zero-order valence-corrected chi connectivity index (χ0v) is 9.78. The summed E-state index contributed by atoms with van der Waals surface area (Å²) in [5.74, 6) is -2.08. The zero-order valence-electron chi connectivity index (χ0n) is 9.78. The first-order chi connectivity index (χ1) is 7.95. The number of carboxylic acid groups (broad SMARTS) is 1. The number of ether oxygens (including phenoxy) is 1. The fraction of sp³-hybridized carbons (Fsp3) is 0.500. The average molecular weight is 268 g/mol. The Morgan fingerprint density at radius 2 is 1.83 bits per heavy atom. The number of allylic oxidation sites excluding steroid dienone is 1. The summed E-state index contributed by atoms with van der Waals surface area (Å²) in [7, 11) is 0. The van der Waals surface area contributed by atoms with Crippen LogP contribution < -0.4 is 10.6 Å². The predicted octanol–water partition coefficient (Wildman–Crippen LogP) is -1.40. The van der Waals surface area contributed by atoms with Crippen LogP contribution in [0.25, 0.3) is 0 Å². The Morgan fingerprint density at radius 3 is 2.33 bits per heavy atom. The van der Waals surface area contributed by atoms with Gasteiger partial charge in [0.05, 0.1) is 13.2 Å². The van der Waals surface area contributed by atoms with Crippen molar-refractivity contribution in [1.29, 1.82) is 0 Å². The third-order valence-corrected chi connectivity index (χ3v) is 1.59. The first-order valence-electron chi connectivity index (χ1n) is 5.03. The van der Waals surface area contributed by atoms with E-state index < -0.39 is 24.4 Å². The molecule has 0 rings (SSSR count). The molecule has 18 heavy (non-hydrogen) atoms. The number of aliphatic carboxylic acids is 1. The molecule has 0 bridgehead atoms. The van der Waals surface area contributed by atoms with Gasteiger partial charge in [0.15, 0.2) is 0 Å². The van der Waals surface area contributed by atoms with Crippen LogP contribution in [0.2, 0.25) is 0 Å². The third-order valence-electron chi connectivity index (χ3n) is 1.59. The molecule has 0 saturated carbocycles. The molecule has 0 heterocycles. The van der Waals surface area contributed by atoms with E-state index in [1.54, 1.807) is 13.8 Å². The van der Waals surface area contributed by atoms with Crippen LogP contribution in [0.4, 0.5) is 0 Å². The van der Waals surface area contributed by atoms with E-state index in [-0.39, 0.29) is 42.7 Å². The third kappa shape index (κ3) is 11.4. The summed E-state index contributed by atoms with van der Waals surface area (Å²) in [4.78, 5) is 32.2. The first kappa shape index (κ1) is 19.3. The minimum absolute atomic E-state index is 0. The van der Waals surface area contributed by atoms with Crippen molar-refractivity contribution in [2.75, 3.05) is 19.7 Å². The number of hydrogen-bond acceptors (Lipinski definition) is 5. The molecular formula is C10H17N2NaO5. The fourth-order valence-corrected chi connectivity index (χ4v) is 0.868. The second kappa shape index (κ2) is 11.1. The van der Waals surface area contributed by atoms with Crippen LogP contribution in [0.5, 0.6) is 0 Å². The number of hydrogen-bond donors (Lipinski definition) is 3. The van der Waals surface area contributed by atoms with Gasteiger partial charge in [0.25, 0.3) is 0 Å². The number of carboxylic acids is 1. The van der Waals surface area contributed by atoms with E-state index in [1.807, 2.05) is 0 Å². The number of amides is 1. The van der Waals surface area contributed by atoms with Crippen molar-refractivity contribution in [3.8, 4) is 0 Å². The van der Waals surface area contributed by atoms with E-state index in [9.17, 15) is 14.4 Å². The van der Waals surface area contributed by atoms with Crippen molar-refractivity contribution in [3.05, 3.63) is 11.8 Å². The number of carbonyl (C=O) groups is 3. The van der Waals surface area contributed by atoms with Gasteiger partial charge in [-0.2, -0.15) is 0 Å². The van der Waals surface area contributed by atoms with Crippen LogP contribution >= 0.6 is 0 Å². The van der Waals surface area contributed by atoms with Gasteiger partial charge < -0.3 is 20.5 Å². The van der Waals surface area contributed by atoms with E-state index in [2.05, 4.69) is 15.4 Å². The van der Waals surface area contributed by atoms with Crippen LogP contribution in [-0.4, -0.2) is 72.2 Å². The molecule has 0 saturated heterocycles. The van der Waals surface area contributed by atoms with Gasteiger partial charge in [-0.25, -0.2) is 4.79 Å². The van der Waals surface area contributed by atoms with Crippen molar-refractivity contribution in [3.63, 3.8) is 0 Å². The summed E-state index contributed by atoms with van der Waals surface area (Å²) in [6.07, 6.45) is 1.22. The van der Waals surface area contributed by atoms with Gasteiger partial charge in [0, 0.05) is 11.8 Å². The van der Waals surface area contributed by atoms with Gasteiger partial charge in [-0.05, 0) is 13.8 Å². The van der Waals surface area contributed by atoms with Crippen molar-refractivity contribution < 1.29 is 24.2 Å². The van der Waals surface area contributed by atoms with Crippen LogP contribution in [-0.2, 0) is 19.1 Å². The second-order valence-corrected chi connectivity index (χ2v) is 3.10. The molecule has 0 aromatic rings. The maximum absolute atomic E-state index is 11.1. The molecule has 7 nitrogen and oxygen atoms in total. The second-order valence-electron chi connectivity index (χ2n) is 3.10. The Labute approximate surface area is 127 Å². The van der Waals surface area contributed by atoms with Crippen LogP contribution in [0.1, 0.15) is 13.8 Å². The van der Waals surface area contributed by atoms with Gasteiger partial charge in [0.2, 0.25) is 5.91 Å². The SMILES string of the molecule is CCOC(=O)/C=C(\C)NCC(=O)NCC(=O)O.[NaH]. The summed E-state index contributed by atoms with van der Waals surface area (Å²) < 4.78 is 4.66. The zero-order chi connectivity index (χ0) is 13.3. The molecule has 0 fully saturated rings. The quantitative estimate of drug-likeness (QED) is 0.298. The van der Waals surface area contributed by atoms with Crippen molar-refractivity contribution in [2.45, 2.75) is 13.8 Å². The molecule has 0 radical (unpaired) electrons. The average Bonchev–Trinajstić information content (AvgIpc) is 2.23. The number of esters is 1. The summed E-state index contributed by atoms with van der Waals surface area (Å²) in [5, 5.41) is 13.1. The molecule has 8 heteroatoms. The van der Waals surface area contributed by atoms with E-state index in [4.69, 9.17) is 5.11 Å². The molecule has 0 aliphatic rings. The summed E-state index contributed by atoms with van der Waals surface area (Å²) in [6.45, 7) is 3.03.